The highest BCUT2D eigenvalue weighted by Gasteiger charge is 2.26. The van der Waals surface area contributed by atoms with E-state index in [1.165, 1.54) is 11.3 Å². The van der Waals surface area contributed by atoms with Crippen LogP contribution in [0.2, 0.25) is 0 Å². The third kappa shape index (κ3) is 4.08. The number of fused-ring (bicyclic) bond motifs is 1. The number of benzene rings is 1. The van der Waals surface area contributed by atoms with Gasteiger partial charge in [0.25, 0.3) is 5.91 Å². The van der Waals surface area contributed by atoms with Gasteiger partial charge in [-0.25, -0.2) is 4.68 Å². The topological polar surface area (TPSA) is 59.0 Å². The molecule has 0 saturated heterocycles. The Bertz CT molecular complexity index is 1060. The van der Waals surface area contributed by atoms with E-state index in [1.807, 2.05) is 48.0 Å². The number of carbonyl (C=O) groups excluding carboxylic acids is 1. The smallest absolute Gasteiger partial charge is 0.279 e. The van der Waals surface area contributed by atoms with E-state index < -0.39 is 0 Å². The number of allylic oxidation sites excluding steroid dienone is 2. The summed E-state index contributed by atoms with van der Waals surface area (Å²) in [7, 11) is 0. The Morgan fingerprint density at radius 2 is 2.00 bits per heavy atom. The Hall–Kier alpha value is -2.60. The molecule has 0 aliphatic heterocycles. The van der Waals surface area contributed by atoms with Gasteiger partial charge in [-0.2, -0.15) is 5.10 Å². The number of nitrogens with one attached hydrogen (secondary N) is 2. The molecule has 0 bridgehead atoms. The fourth-order valence-electron chi connectivity index (χ4n) is 3.84. The molecular weight excluding hydrogens is 380 g/mol. The average Bonchev–Trinajstić information content (AvgIpc) is 3.27. The van der Waals surface area contributed by atoms with Gasteiger partial charge in [-0.15, -0.1) is 11.3 Å². The van der Waals surface area contributed by atoms with Gasteiger partial charge in [-0.05, 0) is 55.7 Å². The van der Waals surface area contributed by atoms with Crippen molar-refractivity contribution < 1.29 is 4.79 Å². The van der Waals surface area contributed by atoms with Gasteiger partial charge in [-0.3, -0.25) is 10.2 Å². The second-order valence-electron chi connectivity index (χ2n) is 8.81. The van der Waals surface area contributed by atoms with Crippen molar-refractivity contribution in [1.29, 1.82) is 0 Å². The molecule has 1 aliphatic carbocycles. The number of carbonyl (C=O) groups is 1. The predicted molar refractivity (Wildman–Crippen MR) is 119 cm³/mol. The monoisotopic (exact) mass is 408 g/mol. The third-order valence-corrected chi connectivity index (χ3v) is 6.85. The normalized spacial score (nSPS) is 17.2. The lowest BCUT2D eigenvalue weighted by atomic mass is 9.74. The zero-order chi connectivity index (χ0) is 20.6. The Kier molecular flexibility index (Phi) is 5.21. The molecule has 3 aromatic rings. The molecule has 6 heteroatoms. The molecule has 0 radical (unpaired) electrons. The summed E-state index contributed by atoms with van der Waals surface area (Å²) in [4.78, 5) is 14.4. The predicted octanol–water partition coefficient (Wildman–Crippen LogP) is 5.36. The maximum atomic E-state index is 12.7. The molecule has 0 fully saturated rings. The van der Waals surface area contributed by atoms with Gasteiger partial charge >= 0.3 is 0 Å². The van der Waals surface area contributed by atoms with Crippen LogP contribution in [-0.4, -0.2) is 15.7 Å². The summed E-state index contributed by atoms with van der Waals surface area (Å²) < 4.78 is 1.91. The Morgan fingerprint density at radius 3 is 2.66 bits per heavy atom. The first-order valence-corrected chi connectivity index (χ1v) is 10.9. The largest absolute Gasteiger partial charge is 0.303 e. The number of rotatable bonds is 4. The molecule has 1 aliphatic rings. The second kappa shape index (κ2) is 7.67. The number of para-hydroxylation sites is 1. The lowest BCUT2D eigenvalue weighted by Crippen LogP contribution is -2.37. The van der Waals surface area contributed by atoms with Gasteiger partial charge < -0.3 is 5.43 Å². The van der Waals surface area contributed by atoms with Crippen LogP contribution in [0.3, 0.4) is 0 Å². The number of amides is 1. The van der Waals surface area contributed by atoms with Crippen molar-refractivity contribution in [2.75, 3.05) is 0 Å². The maximum absolute atomic E-state index is 12.7. The summed E-state index contributed by atoms with van der Waals surface area (Å²) in [5.74, 6) is 0.583. The first-order valence-electron chi connectivity index (χ1n) is 10.1. The molecule has 5 nitrogen and oxygen atoms in total. The van der Waals surface area contributed by atoms with Gasteiger partial charge in [0.2, 0.25) is 0 Å². The van der Waals surface area contributed by atoms with E-state index in [9.17, 15) is 4.79 Å². The van der Waals surface area contributed by atoms with Crippen LogP contribution in [0, 0.1) is 18.3 Å². The Morgan fingerprint density at radius 1 is 1.24 bits per heavy atom. The van der Waals surface area contributed by atoms with Gasteiger partial charge in [-0.1, -0.05) is 45.0 Å². The van der Waals surface area contributed by atoms with E-state index in [2.05, 4.69) is 42.8 Å². The quantitative estimate of drug-likeness (QED) is 0.571. The summed E-state index contributed by atoms with van der Waals surface area (Å²) >= 11 is 1.47. The van der Waals surface area contributed by atoms with Crippen molar-refractivity contribution in [3.8, 4) is 5.69 Å². The number of hydrogen-bond donors (Lipinski definition) is 2. The number of aromatic nitrogens is 2. The summed E-state index contributed by atoms with van der Waals surface area (Å²) in [6.45, 7) is 8.87. The molecule has 0 unspecified atom stereocenters. The summed E-state index contributed by atoms with van der Waals surface area (Å²) in [6, 6.07) is 11.9. The summed E-state index contributed by atoms with van der Waals surface area (Å²) in [5, 5.41) is 5.66. The van der Waals surface area contributed by atoms with E-state index in [0.717, 1.165) is 46.6 Å². The van der Waals surface area contributed by atoms with Crippen molar-refractivity contribution in [3.63, 3.8) is 0 Å². The molecule has 2 heterocycles. The first-order chi connectivity index (χ1) is 13.8. The van der Waals surface area contributed by atoms with Crippen molar-refractivity contribution >= 4 is 27.5 Å². The molecule has 4 rings (SSSR count). The Labute approximate surface area is 175 Å². The van der Waals surface area contributed by atoms with E-state index in [4.69, 9.17) is 0 Å². The Balaban J connectivity index is 1.47. The molecule has 1 atom stereocenters. The van der Waals surface area contributed by atoms with Crippen molar-refractivity contribution in [3.05, 3.63) is 58.7 Å². The summed E-state index contributed by atoms with van der Waals surface area (Å²) in [5.41, 5.74) is 9.36. The highest BCUT2D eigenvalue weighted by Crippen LogP contribution is 2.36. The first kappa shape index (κ1) is 19.7. The fraction of sp³-hybridized carbons (Fsp3) is 0.391. The number of hydrazine groups is 1. The zero-order valence-corrected chi connectivity index (χ0v) is 18.3. The minimum absolute atomic E-state index is 0.107. The summed E-state index contributed by atoms with van der Waals surface area (Å²) in [6.07, 6.45) is 5.39. The standard InChI is InChI=1S/C23H28N4OS/c1-15-19-14-20(29-22(19)27(26-15)18-8-6-5-7-9-18)21(28)25-24-17-12-10-16(11-13-17)23(2,3)4/h5-9,12,14,16,24H,10-11,13H2,1-4H3,(H,25,28)/t16-/m1/s1. The van der Waals surface area contributed by atoms with Crippen molar-refractivity contribution in [2.24, 2.45) is 11.3 Å². The van der Waals surface area contributed by atoms with Crippen molar-refractivity contribution in [2.45, 2.75) is 47.0 Å². The van der Waals surface area contributed by atoms with Crippen LogP contribution in [0.1, 0.15) is 55.4 Å². The highest BCUT2D eigenvalue weighted by molar-refractivity contribution is 7.20. The molecule has 152 valence electrons. The van der Waals surface area contributed by atoms with E-state index >= 15 is 0 Å². The number of thiophene rings is 1. The van der Waals surface area contributed by atoms with Crippen LogP contribution in [-0.2, 0) is 0 Å². The van der Waals surface area contributed by atoms with Gasteiger partial charge in [0.15, 0.2) is 0 Å². The van der Waals surface area contributed by atoms with Crippen LogP contribution < -0.4 is 10.9 Å². The van der Waals surface area contributed by atoms with Crippen LogP contribution in [0.4, 0.5) is 0 Å². The fourth-order valence-corrected chi connectivity index (χ4v) is 4.91. The second-order valence-corrected chi connectivity index (χ2v) is 9.84. The van der Waals surface area contributed by atoms with Gasteiger partial charge in [0.1, 0.15) is 4.83 Å². The molecule has 1 aromatic carbocycles. The SMILES string of the molecule is Cc1nn(-c2ccccc2)c2sc(C(=O)NNC3=CC[C@@H](C(C)(C)C)CC3)cc12. The van der Waals surface area contributed by atoms with Gasteiger partial charge in [0.05, 0.1) is 16.3 Å². The van der Waals surface area contributed by atoms with Crippen LogP contribution >= 0.6 is 11.3 Å². The lowest BCUT2D eigenvalue weighted by molar-refractivity contribution is 0.0941. The molecular formula is C23H28N4OS. The lowest BCUT2D eigenvalue weighted by Gasteiger charge is -2.33. The molecule has 29 heavy (non-hydrogen) atoms. The average molecular weight is 409 g/mol. The number of hydrogen-bond acceptors (Lipinski definition) is 4. The molecule has 0 saturated carbocycles. The highest BCUT2D eigenvalue weighted by atomic mass is 32.1. The molecule has 2 aromatic heterocycles. The number of nitrogens with zero attached hydrogens (tertiary/aromatic N) is 2. The zero-order valence-electron chi connectivity index (χ0n) is 17.5. The van der Waals surface area contributed by atoms with Crippen LogP contribution in [0.5, 0.6) is 0 Å². The maximum Gasteiger partial charge on any atom is 0.279 e. The van der Waals surface area contributed by atoms with Crippen LogP contribution in [0.25, 0.3) is 15.9 Å². The van der Waals surface area contributed by atoms with E-state index in [1.54, 1.807) is 0 Å². The van der Waals surface area contributed by atoms with Crippen molar-refractivity contribution in [1.82, 2.24) is 20.6 Å². The van der Waals surface area contributed by atoms with E-state index in [0.29, 0.717) is 16.2 Å². The van der Waals surface area contributed by atoms with E-state index in [-0.39, 0.29) is 5.91 Å². The molecule has 2 N–H and O–H groups in total. The third-order valence-electron chi connectivity index (χ3n) is 5.74. The van der Waals surface area contributed by atoms with Gasteiger partial charge in [0, 0.05) is 11.1 Å². The molecule has 1 amide bonds. The number of aryl methyl sites for hydroxylation is 1. The minimum Gasteiger partial charge on any atom is -0.303 e. The van der Waals surface area contributed by atoms with Crippen LogP contribution in [0.15, 0.2) is 48.2 Å². The minimum atomic E-state index is -0.107. The molecule has 0 spiro atoms.